The Morgan fingerprint density at radius 2 is 2.35 bits per heavy atom. The highest BCUT2D eigenvalue weighted by molar-refractivity contribution is 7.08. The van der Waals surface area contributed by atoms with Gasteiger partial charge >= 0.3 is 5.97 Å². The molecule has 3 aromatic rings. The maximum absolute atomic E-state index is 12.3. The second kappa shape index (κ2) is 5.13. The summed E-state index contributed by atoms with van der Waals surface area (Å²) in [5.41, 5.74) is 3.93. The SMILES string of the molecule is Bc1cccn2c(C(=O)OCC)c(-c3ccsc3)nc12. The molecule has 0 aliphatic heterocycles. The Balaban J connectivity index is 2.30. The van der Waals surface area contributed by atoms with Gasteiger partial charge in [-0.2, -0.15) is 11.3 Å². The first-order valence-electron chi connectivity index (χ1n) is 6.39. The molecule has 20 heavy (non-hydrogen) atoms. The van der Waals surface area contributed by atoms with Crippen LogP contribution in [0.3, 0.4) is 0 Å². The number of hydrogen-bond acceptors (Lipinski definition) is 4. The topological polar surface area (TPSA) is 43.6 Å². The molecule has 100 valence electrons. The van der Waals surface area contributed by atoms with E-state index in [4.69, 9.17) is 4.74 Å². The fourth-order valence-electron chi connectivity index (χ4n) is 2.20. The summed E-state index contributed by atoms with van der Waals surface area (Å²) < 4.78 is 6.98. The zero-order chi connectivity index (χ0) is 14.1. The maximum atomic E-state index is 12.3. The molecule has 0 N–H and O–H groups in total. The van der Waals surface area contributed by atoms with Crippen molar-refractivity contribution < 1.29 is 9.53 Å². The third-order valence-electron chi connectivity index (χ3n) is 3.11. The first kappa shape index (κ1) is 12.9. The van der Waals surface area contributed by atoms with Crippen molar-refractivity contribution in [2.45, 2.75) is 6.92 Å². The van der Waals surface area contributed by atoms with E-state index in [9.17, 15) is 4.79 Å². The molecule has 0 amide bonds. The molecule has 3 rings (SSSR count). The molecule has 0 fully saturated rings. The average molecular weight is 284 g/mol. The monoisotopic (exact) mass is 284 g/mol. The first-order chi connectivity index (χ1) is 9.72. The first-order valence-corrected chi connectivity index (χ1v) is 7.34. The lowest BCUT2D eigenvalue weighted by atomic mass is 9.98. The fraction of sp³-hybridized carbons (Fsp3) is 0.143. The highest BCUT2D eigenvalue weighted by Gasteiger charge is 2.22. The molecule has 3 heterocycles. The number of aromatic nitrogens is 2. The van der Waals surface area contributed by atoms with Crippen molar-refractivity contribution in [3.05, 3.63) is 40.8 Å². The van der Waals surface area contributed by atoms with E-state index in [-0.39, 0.29) is 5.97 Å². The summed E-state index contributed by atoms with van der Waals surface area (Å²) in [7, 11) is 1.98. The number of ether oxygens (including phenoxy) is 1. The summed E-state index contributed by atoms with van der Waals surface area (Å²) in [5, 5.41) is 3.96. The number of fused-ring (bicyclic) bond motifs is 1. The van der Waals surface area contributed by atoms with Crippen LogP contribution in [0.15, 0.2) is 35.2 Å². The molecule has 3 aromatic heterocycles. The van der Waals surface area contributed by atoms with Gasteiger partial charge in [0.15, 0.2) is 5.69 Å². The fourth-order valence-corrected chi connectivity index (χ4v) is 2.84. The number of carbonyl (C=O) groups excluding carboxylic acids is 1. The molecule has 0 aliphatic carbocycles. The molecule has 0 saturated heterocycles. The lowest BCUT2D eigenvalue weighted by Gasteiger charge is -2.04. The minimum absolute atomic E-state index is 0.341. The van der Waals surface area contributed by atoms with Gasteiger partial charge in [-0.15, -0.1) is 0 Å². The van der Waals surface area contributed by atoms with Crippen LogP contribution in [-0.2, 0) is 4.74 Å². The standard InChI is InChI=1S/C14H13BN2O2S/c1-2-19-14(18)12-11(9-5-7-20-8-9)16-13-10(15)4-3-6-17(12)13/h3-8H,2,15H2,1H3. The van der Waals surface area contributed by atoms with Gasteiger partial charge in [0.25, 0.3) is 0 Å². The van der Waals surface area contributed by atoms with Crippen LogP contribution in [0.25, 0.3) is 16.9 Å². The van der Waals surface area contributed by atoms with Crippen molar-refractivity contribution in [1.29, 1.82) is 0 Å². The molecular weight excluding hydrogens is 271 g/mol. The molecule has 6 heteroatoms. The predicted octanol–water partition coefficient (Wildman–Crippen LogP) is 1.50. The van der Waals surface area contributed by atoms with E-state index < -0.39 is 0 Å². The van der Waals surface area contributed by atoms with Gasteiger partial charge in [-0.3, -0.25) is 4.40 Å². The number of imidazole rings is 1. The van der Waals surface area contributed by atoms with Crippen LogP contribution < -0.4 is 5.46 Å². The molecule has 0 aromatic carbocycles. The van der Waals surface area contributed by atoms with Crippen molar-refractivity contribution in [3.8, 4) is 11.3 Å². The number of thiophene rings is 1. The summed E-state index contributed by atoms with van der Waals surface area (Å²) in [6.45, 7) is 2.15. The van der Waals surface area contributed by atoms with Crippen molar-refractivity contribution in [2.24, 2.45) is 0 Å². The quantitative estimate of drug-likeness (QED) is 0.541. The number of pyridine rings is 1. The van der Waals surface area contributed by atoms with Crippen molar-refractivity contribution in [1.82, 2.24) is 9.38 Å². The van der Waals surface area contributed by atoms with Gasteiger partial charge in [0.2, 0.25) is 0 Å². The molecule has 0 bridgehead atoms. The Hall–Kier alpha value is -2.08. The molecule has 0 atom stereocenters. The van der Waals surface area contributed by atoms with E-state index in [2.05, 4.69) is 4.98 Å². The van der Waals surface area contributed by atoms with E-state index in [1.54, 1.807) is 22.7 Å². The van der Waals surface area contributed by atoms with Crippen LogP contribution in [-0.4, -0.2) is 29.8 Å². The molecule has 4 nitrogen and oxygen atoms in total. The van der Waals surface area contributed by atoms with Gasteiger partial charge in [0.1, 0.15) is 19.2 Å². The summed E-state index contributed by atoms with van der Waals surface area (Å²) in [6, 6.07) is 5.85. The summed E-state index contributed by atoms with van der Waals surface area (Å²) in [5.74, 6) is -0.341. The molecule has 0 radical (unpaired) electrons. The van der Waals surface area contributed by atoms with Gasteiger partial charge < -0.3 is 4.74 Å². The Bertz CT molecular complexity index is 765. The van der Waals surface area contributed by atoms with Gasteiger partial charge in [0, 0.05) is 17.1 Å². The summed E-state index contributed by atoms with van der Waals surface area (Å²) in [6.07, 6.45) is 1.84. The molecule has 0 aliphatic rings. The van der Waals surface area contributed by atoms with Crippen LogP contribution in [0.5, 0.6) is 0 Å². The normalized spacial score (nSPS) is 10.8. The van der Waals surface area contributed by atoms with Crippen LogP contribution >= 0.6 is 11.3 Å². The lowest BCUT2D eigenvalue weighted by molar-refractivity contribution is 0.0519. The van der Waals surface area contributed by atoms with Crippen molar-refractivity contribution in [2.75, 3.05) is 6.61 Å². The highest BCUT2D eigenvalue weighted by Crippen LogP contribution is 2.26. The summed E-state index contributed by atoms with van der Waals surface area (Å²) in [4.78, 5) is 16.9. The zero-order valence-electron chi connectivity index (χ0n) is 11.3. The molecular formula is C14H13BN2O2S. The summed E-state index contributed by atoms with van der Waals surface area (Å²) >= 11 is 1.58. The van der Waals surface area contributed by atoms with Crippen LogP contribution in [0.4, 0.5) is 0 Å². The second-order valence-corrected chi connectivity index (χ2v) is 5.21. The van der Waals surface area contributed by atoms with Crippen LogP contribution in [0.1, 0.15) is 17.4 Å². The number of hydrogen-bond donors (Lipinski definition) is 0. The second-order valence-electron chi connectivity index (χ2n) is 4.43. The van der Waals surface area contributed by atoms with Gasteiger partial charge in [0.05, 0.1) is 6.61 Å². The van der Waals surface area contributed by atoms with E-state index in [1.807, 2.05) is 43.0 Å². The minimum atomic E-state index is -0.341. The number of rotatable bonds is 3. The average Bonchev–Trinajstić information content (AvgIpc) is 3.06. The Kier molecular flexibility index (Phi) is 3.32. The van der Waals surface area contributed by atoms with Gasteiger partial charge in [-0.1, -0.05) is 6.07 Å². The van der Waals surface area contributed by atoms with Crippen molar-refractivity contribution >= 4 is 36.3 Å². The minimum Gasteiger partial charge on any atom is -0.461 e. The predicted molar refractivity (Wildman–Crippen MR) is 82.6 cm³/mol. The van der Waals surface area contributed by atoms with Crippen molar-refractivity contribution in [3.63, 3.8) is 0 Å². The Morgan fingerprint density at radius 3 is 3.05 bits per heavy atom. The van der Waals surface area contributed by atoms with Gasteiger partial charge in [-0.05, 0) is 29.9 Å². The molecule has 0 saturated carbocycles. The Labute approximate surface area is 121 Å². The van der Waals surface area contributed by atoms with E-state index >= 15 is 0 Å². The lowest BCUT2D eigenvalue weighted by Crippen LogP contribution is -2.12. The van der Waals surface area contributed by atoms with Crippen LogP contribution in [0.2, 0.25) is 0 Å². The van der Waals surface area contributed by atoms with Gasteiger partial charge in [-0.25, -0.2) is 9.78 Å². The smallest absolute Gasteiger partial charge is 0.357 e. The third kappa shape index (κ3) is 2.02. The van der Waals surface area contributed by atoms with E-state index in [0.29, 0.717) is 18.0 Å². The Morgan fingerprint density at radius 1 is 1.50 bits per heavy atom. The highest BCUT2D eigenvalue weighted by atomic mass is 32.1. The number of esters is 1. The number of carbonyl (C=O) groups is 1. The largest absolute Gasteiger partial charge is 0.461 e. The number of nitrogens with zero attached hydrogens (tertiary/aromatic N) is 2. The maximum Gasteiger partial charge on any atom is 0.357 e. The molecule has 0 unspecified atom stereocenters. The molecule has 0 spiro atoms. The third-order valence-corrected chi connectivity index (χ3v) is 3.79. The van der Waals surface area contributed by atoms with E-state index in [0.717, 1.165) is 16.7 Å². The van der Waals surface area contributed by atoms with E-state index in [1.165, 1.54) is 0 Å². The van der Waals surface area contributed by atoms with Crippen LogP contribution in [0, 0.1) is 0 Å². The zero-order valence-corrected chi connectivity index (χ0v) is 12.1.